The van der Waals surface area contributed by atoms with Crippen molar-refractivity contribution >= 4 is 11.6 Å². The van der Waals surface area contributed by atoms with Gasteiger partial charge in [0.15, 0.2) is 5.76 Å². The average molecular weight is 383 g/mol. The first-order valence-corrected chi connectivity index (χ1v) is 9.69. The van der Waals surface area contributed by atoms with Crippen LogP contribution >= 0.6 is 0 Å². The van der Waals surface area contributed by atoms with E-state index < -0.39 is 5.43 Å². The van der Waals surface area contributed by atoms with Crippen molar-refractivity contribution in [2.75, 3.05) is 31.5 Å². The molecule has 7 heteroatoms. The summed E-state index contributed by atoms with van der Waals surface area (Å²) in [5.74, 6) is 0.543. The molecule has 2 aromatic rings. The van der Waals surface area contributed by atoms with Crippen molar-refractivity contribution in [3.05, 3.63) is 57.6 Å². The molecule has 0 aliphatic carbocycles. The molecule has 0 spiro atoms. The Kier molecular flexibility index (Phi) is 5.19. The van der Waals surface area contributed by atoms with Crippen LogP contribution in [0.5, 0.6) is 5.75 Å². The Balaban J connectivity index is 1.38. The van der Waals surface area contributed by atoms with Gasteiger partial charge in [-0.3, -0.25) is 19.4 Å². The predicted molar refractivity (Wildman–Crippen MR) is 105 cm³/mol. The van der Waals surface area contributed by atoms with Gasteiger partial charge in [-0.15, -0.1) is 0 Å². The van der Waals surface area contributed by atoms with Crippen LogP contribution in [0.4, 0.5) is 5.69 Å². The van der Waals surface area contributed by atoms with Crippen molar-refractivity contribution in [2.45, 2.75) is 32.4 Å². The van der Waals surface area contributed by atoms with Crippen LogP contribution in [0.1, 0.15) is 23.5 Å². The van der Waals surface area contributed by atoms with Gasteiger partial charge < -0.3 is 14.8 Å². The van der Waals surface area contributed by atoms with Gasteiger partial charge in [0.1, 0.15) is 5.76 Å². The van der Waals surface area contributed by atoms with E-state index in [4.69, 9.17) is 4.42 Å². The van der Waals surface area contributed by atoms with Crippen LogP contribution in [0.15, 0.2) is 39.5 Å². The molecule has 2 N–H and O–H groups in total. The van der Waals surface area contributed by atoms with Gasteiger partial charge in [0.2, 0.25) is 17.1 Å². The summed E-state index contributed by atoms with van der Waals surface area (Å²) in [4.78, 5) is 28.8. The zero-order chi connectivity index (χ0) is 19.7. The second-order valence-corrected chi connectivity index (χ2v) is 7.51. The number of piperazine rings is 1. The Labute approximate surface area is 163 Å². The largest absolute Gasteiger partial charge is 0.502 e. The first kappa shape index (κ1) is 18.7. The van der Waals surface area contributed by atoms with Crippen LogP contribution in [0, 0.1) is 6.92 Å². The SMILES string of the molecule is Cc1cc(=O)c(O)c(CN2CCN([C@H]3CCc4ccccc4NC3=O)CC2)o1. The monoisotopic (exact) mass is 383 g/mol. The molecule has 0 radical (unpaired) electrons. The fourth-order valence-corrected chi connectivity index (χ4v) is 4.05. The standard InChI is InChI=1S/C21H25N3O4/c1-14-12-18(25)20(26)19(28-14)13-23-8-10-24(11-9-23)17-7-6-15-4-2-3-5-16(15)22-21(17)27/h2-5,12,17,26H,6-11,13H2,1H3,(H,22,27)/t17-/m0/s1. The predicted octanol–water partition coefficient (Wildman–Crippen LogP) is 1.72. The van der Waals surface area contributed by atoms with Crippen molar-refractivity contribution in [1.82, 2.24) is 9.80 Å². The summed E-state index contributed by atoms with van der Waals surface area (Å²) < 4.78 is 5.53. The van der Waals surface area contributed by atoms with E-state index >= 15 is 0 Å². The Morgan fingerprint density at radius 1 is 1.18 bits per heavy atom. The normalized spacial score (nSPS) is 21.0. The Hall–Kier alpha value is -2.64. The van der Waals surface area contributed by atoms with Crippen molar-refractivity contribution in [3.63, 3.8) is 0 Å². The van der Waals surface area contributed by atoms with Crippen molar-refractivity contribution in [1.29, 1.82) is 0 Å². The zero-order valence-electron chi connectivity index (χ0n) is 16.0. The molecule has 1 fully saturated rings. The van der Waals surface area contributed by atoms with Gasteiger partial charge >= 0.3 is 0 Å². The fraction of sp³-hybridized carbons (Fsp3) is 0.429. The molecule has 2 aliphatic rings. The van der Waals surface area contributed by atoms with E-state index in [0.717, 1.165) is 44.7 Å². The lowest BCUT2D eigenvalue weighted by molar-refractivity contribution is -0.122. The number of hydrogen-bond donors (Lipinski definition) is 2. The lowest BCUT2D eigenvalue weighted by Crippen LogP contribution is -2.53. The minimum Gasteiger partial charge on any atom is -0.502 e. The van der Waals surface area contributed by atoms with E-state index in [1.54, 1.807) is 6.92 Å². The minimum atomic E-state index is -0.410. The number of aryl methyl sites for hydroxylation is 2. The summed E-state index contributed by atoms with van der Waals surface area (Å²) in [7, 11) is 0. The zero-order valence-corrected chi connectivity index (χ0v) is 16.0. The number of para-hydroxylation sites is 1. The molecule has 148 valence electrons. The number of carbonyl (C=O) groups is 1. The topological polar surface area (TPSA) is 86.0 Å². The van der Waals surface area contributed by atoms with Crippen LogP contribution in [0.2, 0.25) is 0 Å². The summed E-state index contributed by atoms with van der Waals surface area (Å²) in [6.45, 7) is 5.09. The van der Waals surface area contributed by atoms with E-state index in [-0.39, 0.29) is 17.7 Å². The maximum atomic E-state index is 12.7. The van der Waals surface area contributed by atoms with E-state index in [1.807, 2.05) is 18.2 Å². The highest BCUT2D eigenvalue weighted by Gasteiger charge is 2.31. The summed E-state index contributed by atoms with van der Waals surface area (Å²) in [6.07, 6.45) is 1.68. The molecule has 1 atom stereocenters. The molecular weight excluding hydrogens is 358 g/mol. The number of fused-ring (bicyclic) bond motifs is 1. The van der Waals surface area contributed by atoms with E-state index in [1.165, 1.54) is 11.6 Å². The molecular formula is C21H25N3O4. The van der Waals surface area contributed by atoms with Crippen LogP contribution in [-0.2, 0) is 17.8 Å². The molecule has 1 aromatic carbocycles. The van der Waals surface area contributed by atoms with Gasteiger partial charge in [-0.1, -0.05) is 18.2 Å². The molecule has 7 nitrogen and oxygen atoms in total. The first-order chi connectivity index (χ1) is 13.5. The van der Waals surface area contributed by atoms with E-state index in [2.05, 4.69) is 21.2 Å². The van der Waals surface area contributed by atoms with E-state index in [0.29, 0.717) is 18.1 Å². The molecule has 0 bridgehead atoms. The molecule has 4 rings (SSSR count). The smallest absolute Gasteiger partial charge is 0.241 e. The summed E-state index contributed by atoms with van der Waals surface area (Å²) in [5.41, 5.74) is 1.69. The van der Waals surface area contributed by atoms with Gasteiger partial charge in [0.25, 0.3) is 0 Å². The van der Waals surface area contributed by atoms with Gasteiger partial charge in [-0.25, -0.2) is 0 Å². The summed E-state index contributed by atoms with van der Waals surface area (Å²) >= 11 is 0. The van der Waals surface area contributed by atoms with Gasteiger partial charge in [-0.2, -0.15) is 0 Å². The third-order valence-corrected chi connectivity index (χ3v) is 5.60. The second kappa shape index (κ2) is 7.77. The lowest BCUT2D eigenvalue weighted by atomic mass is 10.0. The number of nitrogens with zero attached hydrogens (tertiary/aromatic N) is 2. The maximum absolute atomic E-state index is 12.7. The van der Waals surface area contributed by atoms with Crippen molar-refractivity contribution in [3.8, 4) is 5.75 Å². The number of nitrogens with one attached hydrogen (secondary N) is 1. The van der Waals surface area contributed by atoms with Gasteiger partial charge in [-0.05, 0) is 31.4 Å². The third-order valence-electron chi connectivity index (χ3n) is 5.60. The molecule has 0 unspecified atom stereocenters. The maximum Gasteiger partial charge on any atom is 0.241 e. The Bertz CT molecular complexity index is 931. The van der Waals surface area contributed by atoms with Crippen LogP contribution in [-0.4, -0.2) is 53.0 Å². The Morgan fingerprint density at radius 2 is 1.93 bits per heavy atom. The quantitative estimate of drug-likeness (QED) is 0.840. The molecule has 0 saturated carbocycles. The molecule has 3 heterocycles. The number of rotatable bonds is 3. The third kappa shape index (κ3) is 3.81. The van der Waals surface area contributed by atoms with Crippen LogP contribution in [0.3, 0.4) is 0 Å². The fourth-order valence-electron chi connectivity index (χ4n) is 4.05. The molecule has 28 heavy (non-hydrogen) atoms. The number of carbonyl (C=O) groups excluding carboxylic acids is 1. The highest BCUT2D eigenvalue weighted by atomic mass is 16.4. The number of aromatic hydroxyl groups is 1. The average Bonchev–Trinajstić information content (AvgIpc) is 2.84. The van der Waals surface area contributed by atoms with Gasteiger partial charge in [0, 0.05) is 37.9 Å². The first-order valence-electron chi connectivity index (χ1n) is 9.69. The number of anilines is 1. The van der Waals surface area contributed by atoms with E-state index in [9.17, 15) is 14.7 Å². The second-order valence-electron chi connectivity index (χ2n) is 7.51. The van der Waals surface area contributed by atoms with Gasteiger partial charge in [0.05, 0.1) is 12.6 Å². The van der Waals surface area contributed by atoms with Crippen LogP contribution < -0.4 is 10.7 Å². The summed E-state index contributed by atoms with van der Waals surface area (Å²) in [6, 6.07) is 9.12. The van der Waals surface area contributed by atoms with Crippen molar-refractivity contribution < 1.29 is 14.3 Å². The molecule has 2 aliphatic heterocycles. The lowest BCUT2D eigenvalue weighted by Gasteiger charge is -2.38. The van der Waals surface area contributed by atoms with Crippen molar-refractivity contribution in [2.24, 2.45) is 0 Å². The summed E-state index contributed by atoms with van der Waals surface area (Å²) in [5, 5.41) is 13.0. The highest BCUT2D eigenvalue weighted by molar-refractivity contribution is 5.96. The molecule has 1 amide bonds. The molecule has 1 saturated heterocycles. The number of benzene rings is 1. The number of hydrogen-bond acceptors (Lipinski definition) is 6. The number of amides is 1. The highest BCUT2D eigenvalue weighted by Crippen LogP contribution is 2.25. The minimum absolute atomic E-state index is 0.0562. The van der Waals surface area contributed by atoms with Crippen LogP contribution in [0.25, 0.3) is 0 Å². The Morgan fingerprint density at radius 3 is 2.71 bits per heavy atom. The molecule has 1 aromatic heterocycles.